The molecule has 0 fully saturated rings. The number of amides is 2. The molecular formula is C17H24N4O2. The van der Waals surface area contributed by atoms with Gasteiger partial charge in [-0.05, 0) is 5.56 Å². The second-order valence-electron chi connectivity index (χ2n) is 6.41. The van der Waals surface area contributed by atoms with Crippen molar-refractivity contribution < 1.29 is 9.90 Å². The van der Waals surface area contributed by atoms with Crippen molar-refractivity contribution in [2.75, 3.05) is 18.5 Å². The predicted octanol–water partition coefficient (Wildman–Crippen LogP) is 2.34. The Morgan fingerprint density at radius 1 is 1.26 bits per heavy atom. The zero-order chi connectivity index (χ0) is 16.9. The van der Waals surface area contributed by atoms with Crippen LogP contribution in [0, 0.1) is 0 Å². The molecule has 0 aliphatic rings. The number of nitrogens with zero attached hydrogens (tertiary/aromatic N) is 2. The Hall–Kier alpha value is -2.34. The van der Waals surface area contributed by atoms with Crippen LogP contribution in [-0.2, 0) is 12.0 Å². The van der Waals surface area contributed by atoms with Gasteiger partial charge in [-0.15, -0.1) is 0 Å². The van der Waals surface area contributed by atoms with E-state index in [-0.39, 0.29) is 24.6 Å². The maximum atomic E-state index is 11.9. The highest BCUT2D eigenvalue weighted by molar-refractivity contribution is 5.88. The molecule has 124 valence electrons. The lowest BCUT2D eigenvalue weighted by Crippen LogP contribution is -2.31. The Bertz CT molecular complexity index is 644. The van der Waals surface area contributed by atoms with Gasteiger partial charge in [-0.2, -0.15) is 5.10 Å². The first-order chi connectivity index (χ1) is 10.9. The molecular weight excluding hydrogens is 292 g/mol. The van der Waals surface area contributed by atoms with Crippen molar-refractivity contribution in [3.8, 4) is 0 Å². The van der Waals surface area contributed by atoms with Crippen LogP contribution in [0.3, 0.4) is 0 Å². The van der Waals surface area contributed by atoms with Gasteiger partial charge in [0.2, 0.25) is 0 Å². The van der Waals surface area contributed by atoms with Gasteiger partial charge >= 0.3 is 6.03 Å². The second-order valence-corrected chi connectivity index (χ2v) is 6.41. The topological polar surface area (TPSA) is 79.2 Å². The molecule has 2 rings (SSSR count). The highest BCUT2D eigenvalue weighted by Gasteiger charge is 2.20. The van der Waals surface area contributed by atoms with Gasteiger partial charge in [0.1, 0.15) is 5.82 Å². The molecule has 0 saturated heterocycles. The third-order valence-electron chi connectivity index (χ3n) is 3.36. The van der Waals surface area contributed by atoms with E-state index in [0.717, 1.165) is 11.3 Å². The van der Waals surface area contributed by atoms with E-state index >= 15 is 0 Å². The fraction of sp³-hybridized carbons (Fsp3) is 0.412. The van der Waals surface area contributed by atoms with Gasteiger partial charge in [0.15, 0.2) is 0 Å². The number of hydrogen-bond acceptors (Lipinski definition) is 3. The molecule has 23 heavy (non-hydrogen) atoms. The third kappa shape index (κ3) is 4.82. The van der Waals surface area contributed by atoms with E-state index in [1.807, 2.05) is 36.4 Å². The van der Waals surface area contributed by atoms with Gasteiger partial charge in [0, 0.05) is 18.0 Å². The summed E-state index contributed by atoms with van der Waals surface area (Å²) in [5.74, 6) is 0.634. The van der Waals surface area contributed by atoms with E-state index in [1.54, 1.807) is 4.68 Å². The quantitative estimate of drug-likeness (QED) is 0.792. The number of rotatable bonds is 5. The molecule has 6 nitrogen and oxygen atoms in total. The monoisotopic (exact) mass is 316 g/mol. The molecule has 0 aliphatic heterocycles. The number of aliphatic hydroxyl groups is 1. The maximum Gasteiger partial charge on any atom is 0.320 e. The highest BCUT2D eigenvalue weighted by Crippen LogP contribution is 2.24. The number of carbonyl (C=O) groups is 1. The summed E-state index contributed by atoms with van der Waals surface area (Å²) in [5.41, 5.74) is 1.90. The van der Waals surface area contributed by atoms with Gasteiger partial charge < -0.3 is 10.4 Å². The van der Waals surface area contributed by atoms with Crippen molar-refractivity contribution in [1.82, 2.24) is 15.1 Å². The van der Waals surface area contributed by atoms with E-state index < -0.39 is 0 Å². The molecule has 1 aromatic heterocycles. The summed E-state index contributed by atoms with van der Waals surface area (Å²) in [6.07, 6.45) is 0. The second kappa shape index (κ2) is 7.28. The molecule has 6 heteroatoms. The summed E-state index contributed by atoms with van der Waals surface area (Å²) in [4.78, 5) is 11.9. The molecule has 0 spiro atoms. The van der Waals surface area contributed by atoms with E-state index in [2.05, 4.69) is 36.5 Å². The molecule has 0 aliphatic carbocycles. The van der Waals surface area contributed by atoms with Crippen LogP contribution in [0.1, 0.15) is 32.0 Å². The first kappa shape index (κ1) is 17.0. The molecule has 2 aromatic rings. The van der Waals surface area contributed by atoms with Crippen LogP contribution in [0.15, 0.2) is 36.4 Å². The average Bonchev–Trinajstić information content (AvgIpc) is 2.89. The normalized spacial score (nSPS) is 11.3. The summed E-state index contributed by atoms with van der Waals surface area (Å²) in [5, 5.41) is 18.8. The van der Waals surface area contributed by atoms with Crippen molar-refractivity contribution in [2.24, 2.45) is 0 Å². The summed E-state index contributed by atoms with van der Waals surface area (Å²) >= 11 is 0. The van der Waals surface area contributed by atoms with E-state index in [1.165, 1.54) is 0 Å². The minimum atomic E-state index is -0.353. The molecule has 1 aromatic carbocycles. The predicted molar refractivity (Wildman–Crippen MR) is 90.6 cm³/mol. The zero-order valence-corrected chi connectivity index (χ0v) is 13.8. The average molecular weight is 316 g/mol. The fourth-order valence-electron chi connectivity index (χ4n) is 2.09. The van der Waals surface area contributed by atoms with Crippen molar-refractivity contribution in [3.05, 3.63) is 47.7 Å². The molecule has 0 bridgehead atoms. The molecule has 0 atom stereocenters. The Morgan fingerprint density at radius 2 is 1.96 bits per heavy atom. The summed E-state index contributed by atoms with van der Waals surface area (Å²) in [6, 6.07) is 11.5. The number of carbonyl (C=O) groups excluding carboxylic acids is 1. The number of urea groups is 1. The lowest BCUT2D eigenvalue weighted by molar-refractivity contribution is 0.244. The lowest BCUT2D eigenvalue weighted by Gasteiger charge is -2.14. The molecule has 0 unspecified atom stereocenters. The number of hydrogen-bond donors (Lipinski definition) is 3. The van der Waals surface area contributed by atoms with Gasteiger partial charge in [-0.3, -0.25) is 5.32 Å². The van der Waals surface area contributed by atoms with Crippen LogP contribution >= 0.6 is 0 Å². The molecule has 0 saturated carbocycles. The first-order valence-corrected chi connectivity index (χ1v) is 7.68. The number of anilines is 1. The minimum Gasteiger partial charge on any atom is -0.395 e. The van der Waals surface area contributed by atoms with E-state index in [9.17, 15) is 4.79 Å². The van der Waals surface area contributed by atoms with Gasteiger partial charge in [0.05, 0.1) is 18.8 Å². The molecule has 2 amide bonds. The first-order valence-electron chi connectivity index (χ1n) is 7.68. The minimum absolute atomic E-state index is 0.0933. The summed E-state index contributed by atoms with van der Waals surface area (Å²) in [6.45, 7) is 6.94. The molecule has 0 radical (unpaired) electrons. The van der Waals surface area contributed by atoms with Gasteiger partial charge in [-0.1, -0.05) is 51.1 Å². The van der Waals surface area contributed by atoms with Crippen molar-refractivity contribution in [2.45, 2.75) is 32.7 Å². The van der Waals surface area contributed by atoms with Crippen LogP contribution < -0.4 is 10.6 Å². The number of aliphatic hydroxyl groups excluding tert-OH is 1. The fourth-order valence-corrected chi connectivity index (χ4v) is 2.09. The Labute approximate surface area is 136 Å². The SMILES string of the molecule is CC(C)(C)c1cc(NC(=O)NCCO)n(Cc2ccccc2)n1. The lowest BCUT2D eigenvalue weighted by atomic mass is 9.92. The van der Waals surface area contributed by atoms with Crippen LogP contribution in [0.2, 0.25) is 0 Å². The van der Waals surface area contributed by atoms with E-state index in [0.29, 0.717) is 12.4 Å². The smallest absolute Gasteiger partial charge is 0.320 e. The van der Waals surface area contributed by atoms with Crippen LogP contribution in [-0.4, -0.2) is 34.1 Å². The van der Waals surface area contributed by atoms with Crippen LogP contribution in [0.25, 0.3) is 0 Å². The van der Waals surface area contributed by atoms with Crippen molar-refractivity contribution >= 4 is 11.8 Å². The maximum absolute atomic E-state index is 11.9. The number of benzene rings is 1. The van der Waals surface area contributed by atoms with Crippen molar-refractivity contribution in [1.29, 1.82) is 0 Å². The highest BCUT2D eigenvalue weighted by atomic mass is 16.3. The summed E-state index contributed by atoms with van der Waals surface area (Å²) in [7, 11) is 0. The Kier molecular flexibility index (Phi) is 5.39. The molecule has 1 heterocycles. The number of aromatic nitrogens is 2. The van der Waals surface area contributed by atoms with Gasteiger partial charge in [0.25, 0.3) is 0 Å². The summed E-state index contributed by atoms with van der Waals surface area (Å²) < 4.78 is 1.79. The standard InChI is InChI=1S/C17H24N4O2/c1-17(2,3)14-11-15(19-16(23)18-9-10-22)21(20-14)12-13-7-5-4-6-8-13/h4-8,11,22H,9-10,12H2,1-3H3,(H2,18,19,23). The molecule has 3 N–H and O–H groups in total. The van der Waals surface area contributed by atoms with E-state index in [4.69, 9.17) is 5.11 Å². The Morgan fingerprint density at radius 3 is 2.57 bits per heavy atom. The van der Waals surface area contributed by atoms with Crippen LogP contribution in [0.5, 0.6) is 0 Å². The Balaban J connectivity index is 2.24. The zero-order valence-electron chi connectivity index (χ0n) is 13.8. The van der Waals surface area contributed by atoms with Gasteiger partial charge in [-0.25, -0.2) is 9.48 Å². The number of nitrogens with one attached hydrogen (secondary N) is 2. The third-order valence-corrected chi connectivity index (χ3v) is 3.36. The van der Waals surface area contributed by atoms with Crippen LogP contribution in [0.4, 0.5) is 10.6 Å². The largest absolute Gasteiger partial charge is 0.395 e. The van der Waals surface area contributed by atoms with Crippen molar-refractivity contribution in [3.63, 3.8) is 0 Å².